The first-order valence-electron chi connectivity index (χ1n) is 10.7. The first-order valence-corrected chi connectivity index (χ1v) is 11.4. The Morgan fingerprint density at radius 3 is 2.48 bits per heavy atom. The fraction of sp³-hybridized carbons (Fsp3) is 0.478. The molecule has 2 fully saturated rings. The van der Waals surface area contributed by atoms with Crippen LogP contribution in [-0.4, -0.2) is 38.0 Å². The van der Waals surface area contributed by atoms with Crippen molar-refractivity contribution in [2.45, 2.75) is 50.9 Å². The number of nitrogens with one attached hydrogen (secondary N) is 1. The molecule has 0 saturated carbocycles. The molecule has 1 N–H and O–H groups in total. The van der Waals surface area contributed by atoms with Crippen molar-refractivity contribution in [1.82, 2.24) is 5.32 Å². The Morgan fingerprint density at radius 1 is 1.10 bits per heavy atom. The van der Waals surface area contributed by atoms with Gasteiger partial charge in [-0.1, -0.05) is 35.3 Å². The van der Waals surface area contributed by atoms with Gasteiger partial charge in [-0.05, 0) is 57.0 Å². The molecule has 1 atom stereocenters. The average Bonchev–Trinajstić information content (AvgIpc) is 3.13. The zero-order valence-electron chi connectivity index (χ0n) is 18.2. The van der Waals surface area contributed by atoms with Gasteiger partial charge in [0.15, 0.2) is 0 Å². The van der Waals surface area contributed by atoms with Crippen molar-refractivity contribution in [2.24, 2.45) is 0 Å². The van der Waals surface area contributed by atoms with Crippen molar-refractivity contribution in [1.29, 1.82) is 0 Å². The minimum Gasteiger partial charge on any atom is -0.399 e. The fourth-order valence-electron chi connectivity index (χ4n) is 5.04. The van der Waals surface area contributed by atoms with Crippen molar-refractivity contribution >= 4 is 41.5 Å². The molecular weight excluding hydrogens is 437 g/mol. The molecule has 3 aliphatic heterocycles. The van der Waals surface area contributed by atoms with Gasteiger partial charge in [0.1, 0.15) is 5.82 Å². The number of nitrogens with zero attached hydrogens (tertiary/aromatic N) is 1. The summed E-state index contributed by atoms with van der Waals surface area (Å²) in [6.45, 7) is 10.2. The van der Waals surface area contributed by atoms with Gasteiger partial charge in [0.05, 0.1) is 21.8 Å². The van der Waals surface area contributed by atoms with Crippen LogP contribution in [0.2, 0.25) is 10.0 Å². The van der Waals surface area contributed by atoms with E-state index >= 15 is 4.39 Å². The van der Waals surface area contributed by atoms with Gasteiger partial charge in [0.2, 0.25) is 0 Å². The van der Waals surface area contributed by atoms with E-state index in [4.69, 9.17) is 32.5 Å². The van der Waals surface area contributed by atoms with Crippen molar-refractivity contribution in [3.63, 3.8) is 0 Å². The maximum Gasteiger partial charge on any atom is 0.496 e. The maximum absolute atomic E-state index is 15.1. The number of hydrogen-bond acceptors (Lipinski definition) is 4. The SMILES string of the molecule is CC1(C)OB(c2c(Cl)c(F)cc3c2CC2(c4cccc(Cl)c4)CNCCN32)OC1(C)C. The number of benzene rings is 2. The first kappa shape index (κ1) is 21.5. The zero-order chi connectivity index (χ0) is 22.2. The summed E-state index contributed by atoms with van der Waals surface area (Å²) in [5.41, 5.74) is 2.07. The number of halogens is 3. The summed E-state index contributed by atoms with van der Waals surface area (Å²) >= 11 is 12.9. The topological polar surface area (TPSA) is 33.7 Å². The summed E-state index contributed by atoms with van der Waals surface area (Å²) in [6, 6.07) is 9.48. The number of fused-ring (bicyclic) bond motifs is 3. The van der Waals surface area contributed by atoms with E-state index in [1.54, 1.807) is 6.07 Å². The number of hydrogen-bond donors (Lipinski definition) is 1. The third kappa shape index (κ3) is 3.14. The van der Waals surface area contributed by atoms with Crippen LogP contribution in [0.3, 0.4) is 0 Å². The van der Waals surface area contributed by atoms with Crippen LogP contribution in [0.5, 0.6) is 0 Å². The molecule has 2 aromatic rings. The Balaban J connectivity index is 1.67. The highest BCUT2D eigenvalue weighted by Crippen LogP contribution is 2.48. The second kappa shape index (κ2) is 7.10. The van der Waals surface area contributed by atoms with E-state index in [0.717, 1.165) is 36.4 Å². The van der Waals surface area contributed by atoms with Crippen LogP contribution in [0.25, 0.3) is 0 Å². The summed E-state index contributed by atoms with van der Waals surface area (Å²) in [7, 11) is -0.729. The van der Waals surface area contributed by atoms with Crippen LogP contribution < -0.4 is 15.7 Å². The van der Waals surface area contributed by atoms with Crippen LogP contribution in [0.15, 0.2) is 30.3 Å². The number of piperazine rings is 1. The fourth-order valence-corrected chi connectivity index (χ4v) is 5.49. The lowest BCUT2D eigenvalue weighted by Gasteiger charge is -2.45. The molecule has 164 valence electrons. The van der Waals surface area contributed by atoms with Crippen LogP contribution in [0.4, 0.5) is 10.1 Å². The Hall–Kier alpha value is -1.31. The van der Waals surface area contributed by atoms with Gasteiger partial charge in [-0.25, -0.2) is 4.39 Å². The molecule has 0 aliphatic carbocycles. The lowest BCUT2D eigenvalue weighted by Crippen LogP contribution is -2.58. The zero-order valence-corrected chi connectivity index (χ0v) is 19.7. The lowest BCUT2D eigenvalue weighted by atomic mass is 9.73. The Morgan fingerprint density at radius 2 is 1.81 bits per heavy atom. The van der Waals surface area contributed by atoms with Gasteiger partial charge in [-0.2, -0.15) is 0 Å². The quantitative estimate of drug-likeness (QED) is 0.675. The minimum atomic E-state index is -0.729. The molecule has 0 amide bonds. The van der Waals surface area contributed by atoms with E-state index in [1.807, 2.05) is 45.9 Å². The van der Waals surface area contributed by atoms with Crippen molar-refractivity contribution < 1.29 is 13.7 Å². The molecule has 3 aliphatic rings. The van der Waals surface area contributed by atoms with Gasteiger partial charge in [-0.15, -0.1) is 0 Å². The maximum atomic E-state index is 15.1. The minimum absolute atomic E-state index is 0.0753. The highest BCUT2D eigenvalue weighted by atomic mass is 35.5. The third-order valence-electron chi connectivity index (χ3n) is 7.40. The predicted molar refractivity (Wildman–Crippen MR) is 124 cm³/mol. The van der Waals surface area contributed by atoms with E-state index in [0.29, 0.717) is 16.9 Å². The van der Waals surface area contributed by atoms with Gasteiger partial charge >= 0.3 is 7.12 Å². The summed E-state index contributed by atoms with van der Waals surface area (Å²) in [5, 5.41) is 4.28. The average molecular weight is 463 g/mol. The predicted octanol–water partition coefficient (Wildman–Crippen LogP) is 4.29. The largest absolute Gasteiger partial charge is 0.496 e. The monoisotopic (exact) mass is 462 g/mol. The summed E-state index contributed by atoms with van der Waals surface area (Å²) < 4.78 is 27.7. The van der Waals surface area contributed by atoms with Crippen LogP contribution in [0, 0.1) is 5.82 Å². The van der Waals surface area contributed by atoms with Crippen LogP contribution in [0.1, 0.15) is 38.8 Å². The van der Waals surface area contributed by atoms with Gasteiger partial charge in [0, 0.05) is 42.2 Å². The molecule has 2 saturated heterocycles. The molecule has 0 radical (unpaired) electrons. The molecule has 0 spiro atoms. The summed E-state index contributed by atoms with van der Waals surface area (Å²) in [5.74, 6) is -0.453. The third-order valence-corrected chi connectivity index (χ3v) is 8.02. The highest BCUT2D eigenvalue weighted by molar-refractivity contribution is 6.66. The molecule has 0 bridgehead atoms. The molecule has 4 nitrogen and oxygen atoms in total. The first-order chi connectivity index (χ1) is 14.6. The standard InChI is InChI=1S/C23H26BCl2FN2O2/c1-21(2)22(3,4)31-24(30-21)19-16-12-23(14-6-5-7-15(25)10-14)13-28-8-9-29(23)18(16)11-17(27)20(19)26/h5-7,10-11,28H,8-9,12-13H2,1-4H3. The van der Waals surface area contributed by atoms with Gasteiger partial charge in [0.25, 0.3) is 0 Å². The van der Waals surface area contributed by atoms with E-state index in [1.165, 1.54) is 0 Å². The molecule has 2 aromatic carbocycles. The number of rotatable bonds is 2. The number of anilines is 1. The Labute approximate surface area is 193 Å². The molecule has 3 heterocycles. The highest BCUT2D eigenvalue weighted by Gasteiger charge is 2.55. The Kier molecular flexibility index (Phi) is 4.93. The molecule has 31 heavy (non-hydrogen) atoms. The summed E-state index contributed by atoms with van der Waals surface area (Å²) in [6.07, 6.45) is 0.662. The van der Waals surface area contributed by atoms with Crippen molar-refractivity contribution in [3.8, 4) is 0 Å². The van der Waals surface area contributed by atoms with Crippen LogP contribution >= 0.6 is 23.2 Å². The van der Waals surface area contributed by atoms with E-state index in [9.17, 15) is 0 Å². The summed E-state index contributed by atoms with van der Waals surface area (Å²) in [4.78, 5) is 2.29. The van der Waals surface area contributed by atoms with Gasteiger partial charge < -0.3 is 19.5 Å². The van der Waals surface area contributed by atoms with Gasteiger partial charge in [-0.3, -0.25) is 0 Å². The second-order valence-corrected chi connectivity index (χ2v) is 10.5. The molecule has 0 aromatic heterocycles. The van der Waals surface area contributed by atoms with E-state index < -0.39 is 24.1 Å². The second-order valence-electron chi connectivity index (χ2n) is 9.72. The Bertz CT molecular complexity index is 1050. The smallest absolute Gasteiger partial charge is 0.399 e. The molecule has 1 unspecified atom stereocenters. The van der Waals surface area contributed by atoms with Crippen LogP contribution in [-0.2, 0) is 21.3 Å². The normalized spacial score (nSPS) is 26.2. The van der Waals surface area contributed by atoms with Crippen molar-refractivity contribution in [3.05, 3.63) is 57.3 Å². The van der Waals surface area contributed by atoms with E-state index in [2.05, 4.69) is 16.3 Å². The molecule has 8 heteroatoms. The van der Waals surface area contributed by atoms with E-state index in [-0.39, 0.29) is 10.6 Å². The molecule has 5 rings (SSSR count). The lowest BCUT2D eigenvalue weighted by molar-refractivity contribution is 0.00578. The molecular formula is C23H26BCl2FN2O2. The van der Waals surface area contributed by atoms with Crippen molar-refractivity contribution in [2.75, 3.05) is 24.5 Å².